The summed E-state index contributed by atoms with van der Waals surface area (Å²) in [4.78, 5) is 15.0. The lowest BCUT2D eigenvalue weighted by Crippen LogP contribution is -2.43. The van der Waals surface area contributed by atoms with Gasteiger partial charge in [-0.05, 0) is 35.8 Å². The minimum absolute atomic E-state index is 0.110. The summed E-state index contributed by atoms with van der Waals surface area (Å²) in [7, 11) is 3.59. The number of halogens is 1. The van der Waals surface area contributed by atoms with E-state index >= 15 is 0 Å². The number of rotatable bonds is 3. The average molecular weight is 333 g/mol. The van der Waals surface area contributed by atoms with Crippen molar-refractivity contribution < 1.29 is 9.53 Å². The summed E-state index contributed by atoms with van der Waals surface area (Å²) in [6.45, 7) is 1.64. The van der Waals surface area contributed by atoms with Crippen LogP contribution in [-0.2, 0) is 0 Å². The normalized spacial score (nSPS) is 16.9. The predicted octanol–water partition coefficient (Wildman–Crippen LogP) is 2.34. The van der Waals surface area contributed by atoms with E-state index in [2.05, 4.69) is 21.2 Å². The van der Waals surface area contributed by atoms with Crippen LogP contribution >= 0.6 is 27.3 Å². The summed E-state index contributed by atoms with van der Waals surface area (Å²) >= 11 is 4.84. The maximum atomic E-state index is 12.3. The summed E-state index contributed by atoms with van der Waals surface area (Å²) in [5.41, 5.74) is 0. The minimum Gasteiger partial charge on any atom is -0.495 e. The summed E-state index contributed by atoms with van der Waals surface area (Å²) in [5.74, 6) is 0.840. The van der Waals surface area contributed by atoms with Gasteiger partial charge >= 0.3 is 0 Å². The third-order valence-corrected chi connectivity index (χ3v) is 5.05. The fourth-order valence-corrected chi connectivity index (χ4v) is 3.74. The first-order valence-electron chi connectivity index (χ1n) is 5.95. The first-order valence-corrected chi connectivity index (χ1v) is 7.56. The topological polar surface area (TPSA) is 41.6 Å². The SMILES string of the molecule is CNC1CCN(C(=O)c2cc(OC)c(Br)s2)CC1. The largest absolute Gasteiger partial charge is 0.495 e. The number of hydrogen-bond donors (Lipinski definition) is 1. The smallest absolute Gasteiger partial charge is 0.264 e. The van der Waals surface area contributed by atoms with Crippen molar-refractivity contribution in [2.24, 2.45) is 0 Å². The molecule has 0 atom stereocenters. The Labute approximate surface area is 119 Å². The van der Waals surface area contributed by atoms with Gasteiger partial charge < -0.3 is 15.0 Å². The summed E-state index contributed by atoms with van der Waals surface area (Å²) in [5, 5.41) is 3.26. The van der Waals surface area contributed by atoms with E-state index in [1.54, 1.807) is 13.2 Å². The fraction of sp³-hybridized carbons (Fsp3) is 0.583. The molecule has 0 saturated carbocycles. The second kappa shape index (κ2) is 6.04. The van der Waals surface area contributed by atoms with Gasteiger partial charge in [-0.1, -0.05) is 0 Å². The highest BCUT2D eigenvalue weighted by atomic mass is 79.9. The molecule has 4 nitrogen and oxygen atoms in total. The van der Waals surface area contributed by atoms with Gasteiger partial charge in [0.2, 0.25) is 0 Å². The maximum Gasteiger partial charge on any atom is 0.264 e. The molecule has 1 aliphatic heterocycles. The van der Waals surface area contributed by atoms with Crippen molar-refractivity contribution in [3.05, 3.63) is 14.7 Å². The van der Waals surface area contributed by atoms with Crippen LogP contribution in [0.5, 0.6) is 5.75 Å². The van der Waals surface area contributed by atoms with Gasteiger partial charge in [-0.15, -0.1) is 11.3 Å². The quantitative estimate of drug-likeness (QED) is 0.923. The number of amides is 1. The van der Waals surface area contributed by atoms with E-state index in [-0.39, 0.29) is 5.91 Å². The highest BCUT2D eigenvalue weighted by Gasteiger charge is 2.24. The standard InChI is InChI=1S/C12H17BrN2O2S/c1-14-8-3-5-15(6-4-8)12(16)10-7-9(17-2)11(13)18-10/h7-8,14H,3-6H2,1-2H3. The van der Waals surface area contributed by atoms with Gasteiger partial charge in [-0.3, -0.25) is 4.79 Å². The van der Waals surface area contributed by atoms with Gasteiger partial charge in [-0.2, -0.15) is 0 Å². The number of carbonyl (C=O) groups excluding carboxylic acids is 1. The van der Waals surface area contributed by atoms with Crippen molar-refractivity contribution in [1.29, 1.82) is 0 Å². The molecule has 0 aromatic carbocycles. The van der Waals surface area contributed by atoms with Crippen LogP contribution in [0.15, 0.2) is 9.85 Å². The molecule has 0 bridgehead atoms. The number of hydrogen-bond acceptors (Lipinski definition) is 4. The first-order chi connectivity index (χ1) is 8.65. The van der Waals surface area contributed by atoms with Crippen LogP contribution in [0.1, 0.15) is 22.5 Å². The summed E-state index contributed by atoms with van der Waals surface area (Å²) < 4.78 is 6.05. The maximum absolute atomic E-state index is 12.3. The monoisotopic (exact) mass is 332 g/mol. The van der Waals surface area contributed by atoms with Crippen molar-refractivity contribution >= 4 is 33.2 Å². The number of nitrogens with one attached hydrogen (secondary N) is 1. The highest BCUT2D eigenvalue weighted by molar-refractivity contribution is 9.11. The lowest BCUT2D eigenvalue weighted by Gasteiger charge is -2.31. The molecule has 0 spiro atoms. The molecule has 1 aliphatic rings. The van der Waals surface area contributed by atoms with Gasteiger partial charge in [0.25, 0.3) is 5.91 Å². The molecule has 18 heavy (non-hydrogen) atoms. The molecule has 1 amide bonds. The van der Waals surface area contributed by atoms with Crippen LogP contribution in [0.25, 0.3) is 0 Å². The molecule has 1 saturated heterocycles. The van der Waals surface area contributed by atoms with Crippen molar-refractivity contribution in [3.63, 3.8) is 0 Å². The van der Waals surface area contributed by atoms with E-state index < -0.39 is 0 Å². The van der Waals surface area contributed by atoms with Crippen LogP contribution in [0.3, 0.4) is 0 Å². The summed E-state index contributed by atoms with van der Waals surface area (Å²) in [6.07, 6.45) is 2.04. The Bertz CT molecular complexity index is 428. The van der Waals surface area contributed by atoms with Crippen molar-refractivity contribution in [2.75, 3.05) is 27.2 Å². The molecule has 6 heteroatoms. The molecule has 1 fully saturated rings. The second-order valence-corrected chi connectivity index (χ2v) is 6.68. The van der Waals surface area contributed by atoms with E-state index in [0.717, 1.165) is 40.3 Å². The number of piperidine rings is 1. The number of likely N-dealkylation sites (tertiary alicyclic amines) is 1. The van der Waals surface area contributed by atoms with Crippen LogP contribution < -0.4 is 10.1 Å². The molecule has 1 aromatic heterocycles. The Kier molecular flexibility index (Phi) is 4.64. The number of methoxy groups -OCH3 is 1. The molecular weight excluding hydrogens is 316 g/mol. The Balaban J connectivity index is 2.03. The van der Waals surface area contributed by atoms with Gasteiger partial charge in [0, 0.05) is 25.2 Å². The van der Waals surface area contributed by atoms with E-state index in [4.69, 9.17) is 4.74 Å². The van der Waals surface area contributed by atoms with Crippen LogP contribution in [0, 0.1) is 0 Å². The molecule has 2 heterocycles. The number of carbonyl (C=O) groups is 1. The van der Waals surface area contributed by atoms with Gasteiger partial charge in [0.05, 0.1) is 12.0 Å². The van der Waals surface area contributed by atoms with Gasteiger partial charge in [0.1, 0.15) is 9.54 Å². The zero-order valence-electron chi connectivity index (χ0n) is 10.5. The van der Waals surface area contributed by atoms with Gasteiger partial charge in [0.15, 0.2) is 0 Å². The number of nitrogens with zero attached hydrogens (tertiary/aromatic N) is 1. The Morgan fingerprint density at radius 1 is 1.56 bits per heavy atom. The molecule has 0 unspecified atom stereocenters. The Morgan fingerprint density at radius 2 is 2.22 bits per heavy atom. The lowest BCUT2D eigenvalue weighted by atomic mass is 10.1. The van der Waals surface area contributed by atoms with E-state index in [1.165, 1.54) is 11.3 Å². The molecule has 2 rings (SSSR count). The molecule has 1 N–H and O–H groups in total. The minimum atomic E-state index is 0.110. The zero-order chi connectivity index (χ0) is 13.1. The fourth-order valence-electron chi connectivity index (χ4n) is 2.12. The zero-order valence-corrected chi connectivity index (χ0v) is 12.9. The van der Waals surface area contributed by atoms with E-state index in [1.807, 2.05) is 11.9 Å². The highest BCUT2D eigenvalue weighted by Crippen LogP contribution is 2.35. The predicted molar refractivity (Wildman–Crippen MR) is 76.6 cm³/mol. The van der Waals surface area contributed by atoms with Crippen LogP contribution in [-0.4, -0.2) is 44.1 Å². The third kappa shape index (κ3) is 2.87. The number of ether oxygens (including phenoxy) is 1. The Hall–Kier alpha value is -0.590. The molecule has 0 radical (unpaired) electrons. The van der Waals surface area contributed by atoms with Crippen molar-refractivity contribution in [1.82, 2.24) is 10.2 Å². The number of thiophene rings is 1. The summed E-state index contributed by atoms with van der Waals surface area (Å²) in [6, 6.07) is 2.35. The van der Waals surface area contributed by atoms with E-state index in [0.29, 0.717) is 6.04 Å². The lowest BCUT2D eigenvalue weighted by molar-refractivity contribution is 0.0712. The van der Waals surface area contributed by atoms with Crippen LogP contribution in [0.2, 0.25) is 0 Å². The van der Waals surface area contributed by atoms with E-state index in [9.17, 15) is 4.79 Å². The Morgan fingerprint density at radius 3 is 2.72 bits per heavy atom. The molecular formula is C12H17BrN2O2S. The molecule has 0 aliphatic carbocycles. The van der Waals surface area contributed by atoms with Gasteiger partial charge in [-0.25, -0.2) is 0 Å². The molecule has 1 aromatic rings. The first kappa shape index (κ1) is 13.8. The third-order valence-electron chi connectivity index (χ3n) is 3.28. The second-order valence-electron chi connectivity index (χ2n) is 4.31. The van der Waals surface area contributed by atoms with Crippen LogP contribution in [0.4, 0.5) is 0 Å². The van der Waals surface area contributed by atoms with Crippen molar-refractivity contribution in [2.45, 2.75) is 18.9 Å². The molecule has 100 valence electrons. The van der Waals surface area contributed by atoms with Crippen molar-refractivity contribution in [3.8, 4) is 5.75 Å². The average Bonchev–Trinajstić information content (AvgIpc) is 2.79.